The first kappa shape index (κ1) is 21.6. The molecular formula is C20H20BrN3O3S2. The number of sulfonamides is 1. The van der Waals surface area contributed by atoms with Crippen LogP contribution in [0.5, 0.6) is 0 Å². The molecule has 0 spiro atoms. The van der Waals surface area contributed by atoms with Crippen LogP contribution in [0.15, 0.2) is 51.1 Å². The Morgan fingerprint density at radius 1 is 1.14 bits per heavy atom. The fourth-order valence-electron chi connectivity index (χ4n) is 2.67. The number of amides is 1. The van der Waals surface area contributed by atoms with E-state index in [-0.39, 0.29) is 10.5 Å². The lowest BCUT2D eigenvalue weighted by molar-refractivity contribution is 0.102. The Bertz CT molecular complexity index is 1190. The second kappa shape index (κ2) is 8.35. The zero-order valence-corrected chi connectivity index (χ0v) is 19.6. The van der Waals surface area contributed by atoms with Crippen LogP contribution in [-0.4, -0.2) is 37.7 Å². The predicted octanol–water partition coefficient (Wildman–Crippen LogP) is 4.69. The first-order valence-electron chi connectivity index (χ1n) is 8.66. The molecule has 0 aliphatic rings. The molecule has 0 aliphatic carbocycles. The smallest absolute Gasteiger partial charge is 0.257 e. The number of anilines is 1. The highest BCUT2D eigenvalue weighted by atomic mass is 79.9. The maximum absolute atomic E-state index is 12.7. The summed E-state index contributed by atoms with van der Waals surface area (Å²) in [6, 6.07) is 10.6. The molecule has 1 aromatic heterocycles. The summed E-state index contributed by atoms with van der Waals surface area (Å²) in [5.74, 6) is -0.422. The Kier molecular flexibility index (Phi) is 6.23. The minimum absolute atomic E-state index is 0.0327. The zero-order chi connectivity index (χ0) is 21.3. The first-order chi connectivity index (χ1) is 13.6. The van der Waals surface area contributed by atoms with Crippen LogP contribution in [0, 0.1) is 13.8 Å². The molecule has 0 aliphatic heterocycles. The number of aromatic nitrogens is 1. The van der Waals surface area contributed by atoms with Crippen LogP contribution in [-0.2, 0) is 10.0 Å². The molecule has 2 aromatic carbocycles. The third kappa shape index (κ3) is 4.58. The van der Waals surface area contributed by atoms with E-state index in [0.717, 1.165) is 26.7 Å². The van der Waals surface area contributed by atoms with Gasteiger partial charge in [-0.15, -0.1) is 11.3 Å². The number of thiazole rings is 1. The van der Waals surface area contributed by atoms with Gasteiger partial charge in [0.15, 0.2) is 5.13 Å². The number of hydrogen-bond donors (Lipinski definition) is 1. The number of halogens is 1. The van der Waals surface area contributed by atoms with E-state index >= 15 is 0 Å². The van der Waals surface area contributed by atoms with Crippen molar-refractivity contribution in [1.82, 2.24) is 9.29 Å². The molecule has 29 heavy (non-hydrogen) atoms. The lowest BCUT2D eigenvalue weighted by Crippen LogP contribution is -2.23. The van der Waals surface area contributed by atoms with Gasteiger partial charge in [0.25, 0.3) is 5.91 Å². The van der Waals surface area contributed by atoms with E-state index in [9.17, 15) is 13.2 Å². The van der Waals surface area contributed by atoms with Gasteiger partial charge in [-0.2, -0.15) is 0 Å². The van der Waals surface area contributed by atoms with Crippen molar-refractivity contribution in [2.75, 3.05) is 19.4 Å². The molecule has 152 valence electrons. The van der Waals surface area contributed by atoms with Crippen molar-refractivity contribution in [1.29, 1.82) is 0 Å². The number of nitrogens with one attached hydrogen (secondary N) is 1. The summed E-state index contributed by atoms with van der Waals surface area (Å²) in [5, 5.41) is 5.09. The average molecular weight is 494 g/mol. The van der Waals surface area contributed by atoms with Crippen LogP contribution in [0.1, 0.15) is 21.5 Å². The largest absolute Gasteiger partial charge is 0.298 e. The van der Waals surface area contributed by atoms with Gasteiger partial charge in [0.05, 0.1) is 10.6 Å². The molecule has 0 saturated carbocycles. The van der Waals surface area contributed by atoms with Gasteiger partial charge in [-0.05, 0) is 59.6 Å². The Hall–Kier alpha value is -2.07. The topological polar surface area (TPSA) is 79.4 Å². The van der Waals surface area contributed by atoms with Gasteiger partial charge in [0.1, 0.15) is 0 Å². The molecule has 0 saturated heterocycles. The van der Waals surface area contributed by atoms with Crippen molar-refractivity contribution in [3.05, 3.63) is 62.9 Å². The van der Waals surface area contributed by atoms with Crippen LogP contribution in [0.25, 0.3) is 11.3 Å². The van der Waals surface area contributed by atoms with Crippen molar-refractivity contribution in [3.8, 4) is 11.3 Å². The highest BCUT2D eigenvalue weighted by molar-refractivity contribution is 9.10. The fourth-order valence-corrected chi connectivity index (χ4v) is 5.22. The van der Waals surface area contributed by atoms with E-state index in [4.69, 9.17) is 0 Å². The second-order valence-electron chi connectivity index (χ2n) is 6.74. The number of carbonyl (C=O) groups is 1. The molecule has 3 rings (SSSR count). The summed E-state index contributed by atoms with van der Waals surface area (Å²) in [5.41, 5.74) is 4.28. The Balaban J connectivity index is 1.87. The minimum Gasteiger partial charge on any atom is -0.298 e. The number of rotatable bonds is 5. The molecule has 9 heteroatoms. The Morgan fingerprint density at radius 2 is 1.86 bits per heavy atom. The third-order valence-corrected chi connectivity index (χ3v) is 7.91. The van der Waals surface area contributed by atoms with E-state index in [1.807, 2.05) is 31.4 Å². The molecule has 1 amide bonds. The molecule has 6 nitrogen and oxygen atoms in total. The van der Waals surface area contributed by atoms with Crippen molar-refractivity contribution in [3.63, 3.8) is 0 Å². The molecule has 0 unspecified atom stereocenters. The summed E-state index contributed by atoms with van der Waals surface area (Å²) in [6.45, 7) is 4.03. The highest BCUT2D eigenvalue weighted by Gasteiger charge is 2.22. The van der Waals surface area contributed by atoms with Gasteiger partial charge >= 0.3 is 0 Å². The quantitative estimate of drug-likeness (QED) is 0.558. The number of carbonyl (C=O) groups excluding carboxylic acids is 1. The summed E-state index contributed by atoms with van der Waals surface area (Å²) in [4.78, 5) is 17.2. The molecule has 3 aromatic rings. The first-order valence-corrected chi connectivity index (χ1v) is 11.8. The maximum Gasteiger partial charge on any atom is 0.257 e. The van der Waals surface area contributed by atoms with Gasteiger partial charge in [-0.3, -0.25) is 10.1 Å². The maximum atomic E-state index is 12.7. The molecule has 0 atom stereocenters. The fraction of sp³-hybridized carbons (Fsp3) is 0.200. The van der Waals surface area contributed by atoms with Gasteiger partial charge < -0.3 is 0 Å². The summed E-state index contributed by atoms with van der Waals surface area (Å²) in [7, 11) is -0.797. The molecule has 1 N–H and O–H groups in total. The summed E-state index contributed by atoms with van der Waals surface area (Å²) >= 11 is 4.57. The van der Waals surface area contributed by atoms with Crippen molar-refractivity contribution in [2.45, 2.75) is 18.7 Å². The summed E-state index contributed by atoms with van der Waals surface area (Å²) in [6.07, 6.45) is 0. The van der Waals surface area contributed by atoms with E-state index < -0.39 is 15.9 Å². The highest BCUT2D eigenvalue weighted by Crippen LogP contribution is 2.29. The van der Waals surface area contributed by atoms with Crippen LogP contribution in [0.4, 0.5) is 5.13 Å². The van der Waals surface area contributed by atoms with Gasteiger partial charge in [0.2, 0.25) is 10.0 Å². The van der Waals surface area contributed by atoms with Crippen molar-refractivity contribution in [2.24, 2.45) is 0 Å². The standard InChI is InChI=1S/C20H20BrN3O3S2/c1-12-5-6-13(2)15(9-12)17-11-28-20(22-17)23-19(25)14-7-8-16(21)18(10-14)29(26,27)24(3)4/h5-11H,1-4H3,(H,22,23,25). The molecular weight excluding hydrogens is 474 g/mol. The van der Waals surface area contributed by atoms with Gasteiger partial charge in [0, 0.05) is 35.1 Å². The normalized spacial score (nSPS) is 11.7. The lowest BCUT2D eigenvalue weighted by Gasteiger charge is -2.13. The average Bonchev–Trinajstić information content (AvgIpc) is 3.11. The second-order valence-corrected chi connectivity index (χ2v) is 10.6. The number of nitrogens with zero attached hydrogens (tertiary/aromatic N) is 2. The molecule has 1 heterocycles. The van der Waals surface area contributed by atoms with Gasteiger partial charge in [-0.1, -0.05) is 17.7 Å². The monoisotopic (exact) mass is 493 g/mol. The number of aryl methyl sites for hydroxylation is 2. The zero-order valence-electron chi connectivity index (χ0n) is 16.4. The molecule has 0 fully saturated rings. The summed E-state index contributed by atoms with van der Waals surface area (Å²) < 4.78 is 26.4. The van der Waals surface area contributed by atoms with Crippen LogP contribution in [0.3, 0.4) is 0 Å². The predicted molar refractivity (Wildman–Crippen MR) is 120 cm³/mol. The number of benzene rings is 2. The van der Waals surface area contributed by atoms with E-state index in [1.165, 1.54) is 31.5 Å². The van der Waals surface area contributed by atoms with E-state index in [2.05, 4.69) is 32.3 Å². The van der Waals surface area contributed by atoms with Crippen molar-refractivity contribution < 1.29 is 13.2 Å². The SMILES string of the molecule is Cc1ccc(C)c(-c2csc(NC(=O)c3ccc(Br)c(S(=O)(=O)N(C)C)c3)n2)c1. The minimum atomic E-state index is -3.68. The molecule has 0 radical (unpaired) electrons. The van der Waals surface area contributed by atoms with Gasteiger partial charge in [-0.25, -0.2) is 17.7 Å². The van der Waals surface area contributed by atoms with Crippen LogP contribution in [0.2, 0.25) is 0 Å². The Labute approximate surface area is 182 Å². The van der Waals surface area contributed by atoms with Crippen molar-refractivity contribution >= 4 is 48.3 Å². The lowest BCUT2D eigenvalue weighted by atomic mass is 10.0. The van der Waals surface area contributed by atoms with E-state index in [1.54, 1.807) is 12.1 Å². The Morgan fingerprint density at radius 3 is 2.55 bits per heavy atom. The third-order valence-electron chi connectivity index (χ3n) is 4.35. The van der Waals surface area contributed by atoms with Crippen LogP contribution < -0.4 is 5.32 Å². The van der Waals surface area contributed by atoms with E-state index in [0.29, 0.717) is 9.60 Å². The number of hydrogen-bond acceptors (Lipinski definition) is 5. The molecule has 0 bridgehead atoms. The van der Waals surface area contributed by atoms with Crippen LogP contribution >= 0.6 is 27.3 Å².